The summed E-state index contributed by atoms with van der Waals surface area (Å²) in [5.74, 6) is 0.229. The molecular weight excluding hydrogens is 242 g/mol. The minimum Gasteiger partial charge on any atom is -0.396 e. The van der Waals surface area contributed by atoms with E-state index in [0.717, 1.165) is 0 Å². The minimum absolute atomic E-state index is 0.138. The second-order valence-electron chi connectivity index (χ2n) is 4.39. The SMILES string of the molecule is Cc1[nH]ncc1S(=O)(=O)N1CCC(CO)CC1. The monoisotopic (exact) mass is 259 g/mol. The minimum atomic E-state index is -3.42. The van der Waals surface area contributed by atoms with Gasteiger partial charge in [0.15, 0.2) is 0 Å². The Labute approximate surface area is 101 Å². The van der Waals surface area contributed by atoms with Crippen LogP contribution in [-0.4, -0.2) is 47.7 Å². The number of H-pyrrole nitrogens is 1. The van der Waals surface area contributed by atoms with Crippen LogP contribution in [0, 0.1) is 12.8 Å². The maximum Gasteiger partial charge on any atom is 0.246 e. The number of aromatic amines is 1. The molecule has 7 heteroatoms. The van der Waals surface area contributed by atoms with Gasteiger partial charge in [-0.15, -0.1) is 0 Å². The molecule has 0 atom stereocenters. The fraction of sp³-hybridized carbons (Fsp3) is 0.700. The molecule has 0 aliphatic carbocycles. The third-order valence-electron chi connectivity index (χ3n) is 3.23. The molecule has 17 heavy (non-hydrogen) atoms. The van der Waals surface area contributed by atoms with Gasteiger partial charge in [-0.1, -0.05) is 0 Å². The van der Waals surface area contributed by atoms with E-state index in [1.165, 1.54) is 10.5 Å². The number of nitrogens with zero attached hydrogens (tertiary/aromatic N) is 2. The van der Waals surface area contributed by atoms with Crippen LogP contribution in [0.5, 0.6) is 0 Å². The lowest BCUT2D eigenvalue weighted by Gasteiger charge is -2.30. The molecule has 0 bridgehead atoms. The Morgan fingerprint density at radius 3 is 2.65 bits per heavy atom. The van der Waals surface area contributed by atoms with Gasteiger partial charge in [0.2, 0.25) is 10.0 Å². The molecule has 1 aliphatic heterocycles. The Hall–Kier alpha value is -0.920. The van der Waals surface area contributed by atoms with Crippen LogP contribution in [0.25, 0.3) is 0 Å². The van der Waals surface area contributed by atoms with Crippen LogP contribution in [0.3, 0.4) is 0 Å². The van der Waals surface area contributed by atoms with Crippen molar-refractivity contribution in [1.82, 2.24) is 14.5 Å². The fourth-order valence-electron chi connectivity index (χ4n) is 2.07. The lowest BCUT2D eigenvalue weighted by atomic mass is 10.00. The molecule has 2 N–H and O–H groups in total. The molecule has 1 aromatic heterocycles. The maximum absolute atomic E-state index is 12.3. The number of nitrogens with one attached hydrogen (secondary N) is 1. The van der Waals surface area contributed by atoms with E-state index < -0.39 is 10.0 Å². The van der Waals surface area contributed by atoms with Crippen molar-refractivity contribution < 1.29 is 13.5 Å². The first-order valence-electron chi connectivity index (χ1n) is 5.66. The zero-order valence-corrected chi connectivity index (χ0v) is 10.6. The highest BCUT2D eigenvalue weighted by molar-refractivity contribution is 7.89. The van der Waals surface area contributed by atoms with Crippen molar-refractivity contribution in [3.05, 3.63) is 11.9 Å². The molecule has 0 spiro atoms. The summed E-state index contributed by atoms with van der Waals surface area (Å²) in [6.45, 7) is 2.77. The quantitative estimate of drug-likeness (QED) is 0.806. The third kappa shape index (κ3) is 2.36. The molecule has 0 amide bonds. The number of sulfonamides is 1. The van der Waals surface area contributed by atoms with Crippen LogP contribution < -0.4 is 0 Å². The Bertz CT molecular complexity index is 475. The molecule has 0 saturated carbocycles. The smallest absolute Gasteiger partial charge is 0.246 e. The number of aryl methyl sites for hydroxylation is 1. The standard InChI is InChI=1S/C10H17N3O3S/c1-8-10(6-11-12-8)17(15,16)13-4-2-9(7-14)3-5-13/h6,9,14H,2-5,7H2,1H3,(H,11,12). The predicted molar refractivity (Wildman–Crippen MR) is 61.9 cm³/mol. The van der Waals surface area contributed by atoms with Gasteiger partial charge in [-0.25, -0.2) is 8.42 Å². The molecule has 96 valence electrons. The lowest BCUT2D eigenvalue weighted by molar-refractivity contribution is 0.170. The van der Waals surface area contributed by atoms with Crippen LogP contribution in [0.2, 0.25) is 0 Å². The molecule has 0 unspecified atom stereocenters. The van der Waals surface area contributed by atoms with E-state index in [9.17, 15) is 8.42 Å². The summed E-state index contributed by atoms with van der Waals surface area (Å²) < 4.78 is 26.0. The molecule has 2 heterocycles. The summed E-state index contributed by atoms with van der Waals surface area (Å²) in [5.41, 5.74) is 0.564. The average Bonchev–Trinajstić information content (AvgIpc) is 2.76. The highest BCUT2D eigenvalue weighted by atomic mass is 32.2. The molecule has 0 radical (unpaired) electrons. The van der Waals surface area contributed by atoms with Crippen molar-refractivity contribution >= 4 is 10.0 Å². The van der Waals surface area contributed by atoms with E-state index in [2.05, 4.69) is 10.2 Å². The molecule has 6 nitrogen and oxygen atoms in total. The zero-order valence-electron chi connectivity index (χ0n) is 9.76. The van der Waals surface area contributed by atoms with Crippen molar-refractivity contribution in [2.45, 2.75) is 24.7 Å². The van der Waals surface area contributed by atoms with Gasteiger partial charge in [-0.05, 0) is 25.7 Å². The Morgan fingerprint density at radius 1 is 1.53 bits per heavy atom. The van der Waals surface area contributed by atoms with Gasteiger partial charge in [-0.3, -0.25) is 5.10 Å². The van der Waals surface area contributed by atoms with Crippen molar-refractivity contribution in [3.63, 3.8) is 0 Å². The molecule has 0 aromatic carbocycles. The molecule has 1 aliphatic rings. The van der Waals surface area contributed by atoms with E-state index in [1.54, 1.807) is 6.92 Å². The number of aliphatic hydroxyl groups is 1. The fourth-order valence-corrected chi connectivity index (χ4v) is 3.66. The molecule has 1 fully saturated rings. The summed E-state index contributed by atoms with van der Waals surface area (Å²) in [6, 6.07) is 0. The number of aromatic nitrogens is 2. The Kier molecular flexibility index (Phi) is 3.50. The number of piperidine rings is 1. The van der Waals surface area contributed by atoms with E-state index in [0.29, 0.717) is 31.6 Å². The topological polar surface area (TPSA) is 86.3 Å². The van der Waals surface area contributed by atoms with Crippen LogP contribution >= 0.6 is 0 Å². The molecule has 2 rings (SSSR count). The summed E-state index contributed by atoms with van der Waals surface area (Å²) in [4.78, 5) is 0.250. The number of aliphatic hydroxyl groups excluding tert-OH is 1. The normalized spacial score (nSPS) is 19.6. The Morgan fingerprint density at radius 2 is 2.18 bits per heavy atom. The largest absolute Gasteiger partial charge is 0.396 e. The summed E-state index contributed by atoms with van der Waals surface area (Å²) >= 11 is 0. The summed E-state index contributed by atoms with van der Waals surface area (Å²) in [5, 5.41) is 15.4. The average molecular weight is 259 g/mol. The molecule has 1 aromatic rings. The van der Waals surface area contributed by atoms with E-state index in [-0.39, 0.29) is 17.4 Å². The van der Waals surface area contributed by atoms with Crippen LogP contribution in [0.4, 0.5) is 0 Å². The lowest BCUT2D eigenvalue weighted by Crippen LogP contribution is -2.39. The first kappa shape index (κ1) is 12.5. The van der Waals surface area contributed by atoms with E-state index in [4.69, 9.17) is 5.11 Å². The van der Waals surface area contributed by atoms with Gasteiger partial charge in [0.1, 0.15) is 4.90 Å². The second-order valence-corrected chi connectivity index (χ2v) is 6.30. The van der Waals surface area contributed by atoms with Crippen molar-refractivity contribution in [2.75, 3.05) is 19.7 Å². The van der Waals surface area contributed by atoms with Gasteiger partial charge < -0.3 is 5.11 Å². The van der Waals surface area contributed by atoms with Gasteiger partial charge in [-0.2, -0.15) is 9.40 Å². The number of hydrogen-bond donors (Lipinski definition) is 2. The van der Waals surface area contributed by atoms with Crippen LogP contribution in [0.1, 0.15) is 18.5 Å². The number of rotatable bonds is 3. The van der Waals surface area contributed by atoms with Crippen molar-refractivity contribution in [1.29, 1.82) is 0 Å². The van der Waals surface area contributed by atoms with Crippen LogP contribution in [-0.2, 0) is 10.0 Å². The van der Waals surface area contributed by atoms with Crippen molar-refractivity contribution in [3.8, 4) is 0 Å². The molecule has 1 saturated heterocycles. The van der Waals surface area contributed by atoms with E-state index in [1.807, 2.05) is 0 Å². The van der Waals surface area contributed by atoms with Gasteiger partial charge in [0, 0.05) is 19.7 Å². The van der Waals surface area contributed by atoms with Crippen molar-refractivity contribution in [2.24, 2.45) is 5.92 Å². The predicted octanol–water partition coefficient (Wildman–Crippen LogP) is 0.111. The zero-order chi connectivity index (χ0) is 12.5. The van der Waals surface area contributed by atoms with E-state index >= 15 is 0 Å². The van der Waals surface area contributed by atoms with Gasteiger partial charge in [0.05, 0.1) is 11.9 Å². The first-order chi connectivity index (χ1) is 8.05. The molecular formula is C10H17N3O3S. The van der Waals surface area contributed by atoms with Gasteiger partial charge in [0.25, 0.3) is 0 Å². The first-order valence-corrected chi connectivity index (χ1v) is 7.10. The summed E-state index contributed by atoms with van der Waals surface area (Å²) in [7, 11) is -3.42. The number of hydrogen-bond acceptors (Lipinski definition) is 4. The second kappa shape index (κ2) is 4.75. The third-order valence-corrected chi connectivity index (χ3v) is 5.25. The summed E-state index contributed by atoms with van der Waals surface area (Å²) in [6.07, 6.45) is 2.78. The maximum atomic E-state index is 12.3. The highest BCUT2D eigenvalue weighted by Gasteiger charge is 2.30. The van der Waals surface area contributed by atoms with Crippen LogP contribution in [0.15, 0.2) is 11.1 Å². The Balaban J connectivity index is 2.16. The van der Waals surface area contributed by atoms with Gasteiger partial charge >= 0.3 is 0 Å². The highest BCUT2D eigenvalue weighted by Crippen LogP contribution is 2.24.